The van der Waals surface area contributed by atoms with Crippen molar-refractivity contribution in [1.82, 2.24) is 19.1 Å². The Balaban J connectivity index is 1.12. The Morgan fingerprint density at radius 3 is 2.16 bits per heavy atom. The van der Waals surface area contributed by atoms with E-state index in [0.29, 0.717) is 0 Å². The summed E-state index contributed by atoms with van der Waals surface area (Å²) in [6.07, 6.45) is 13.4. The second-order valence-corrected chi connectivity index (χ2v) is 13.1. The predicted molar refractivity (Wildman–Crippen MR) is 208 cm³/mol. The summed E-state index contributed by atoms with van der Waals surface area (Å²) < 4.78 is 4.85. The molecule has 4 heterocycles. The zero-order valence-electron chi connectivity index (χ0n) is 27.4. The molecule has 0 saturated heterocycles. The van der Waals surface area contributed by atoms with Crippen molar-refractivity contribution in [2.75, 3.05) is 0 Å². The van der Waals surface area contributed by atoms with Gasteiger partial charge >= 0.3 is 0 Å². The number of benzene rings is 5. The molecule has 1 atom stereocenters. The SMILES string of the molecule is C1=CCCC(c2cc(-c3ccccc3)nc(C3=CCC(n4c5ccccc5c5c6c(ccc54)c4ccccc4n6-c4ccccc4)N=C3)n2)=C1. The van der Waals surface area contributed by atoms with Crippen molar-refractivity contribution < 1.29 is 0 Å². The zero-order valence-corrected chi connectivity index (χ0v) is 27.4. The number of nitrogens with zero attached hydrogens (tertiary/aromatic N) is 5. The molecule has 8 aromatic rings. The van der Waals surface area contributed by atoms with Gasteiger partial charge in [0.05, 0.1) is 33.5 Å². The smallest absolute Gasteiger partial charge is 0.161 e. The third-order valence-electron chi connectivity index (χ3n) is 10.2. The first-order valence-corrected chi connectivity index (χ1v) is 17.4. The normalized spacial score (nSPS) is 16.0. The summed E-state index contributed by atoms with van der Waals surface area (Å²) in [5.74, 6) is 0.718. The Morgan fingerprint density at radius 1 is 0.640 bits per heavy atom. The van der Waals surface area contributed by atoms with Crippen molar-refractivity contribution in [1.29, 1.82) is 0 Å². The minimum atomic E-state index is -0.101. The largest absolute Gasteiger partial charge is 0.317 e. The van der Waals surface area contributed by atoms with E-state index in [1.807, 2.05) is 12.3 Å². The van der Waals surface area contributed by atoms with E-state index < -0.39 is 0 Å². The lowest BCUT2D eigenvalue weighted by Gasteiger charge is -2.20. The molecule has 0 bridgehead atoms. The van der Waals surface area contributed by atoms with Crippen molar-refractivity contribution in [3.63, 3.8) is 0 Å². The van der Waals surface area contributed by atoms with Gasteiger partial charge in [-0.15, -0.1) is 0 Å². The average Bonchev–Trinajstić information content (AvgIpc) is 3.72. The highest BCUT2D eigenvalue weighted by atomic mass is 15.1. The van der Waals surface area contributed by atoms with E-state index in [2.05, 4.69) is 155 Å². The molecule has 50 heavy (non-hydrogen) atoms. The average molecular weight is 644 g/mol. The van der Waals surface area contributed by atoms with Gasteiger partial charge < -0.3 is 9.13 Å². The number of aromatic nitrogens is 4. The summed E-state index contributed by atoms with van der Waals surface area (Å²) in [5, 5.41) is 4.99. The second-order valence-electron chi connectivity index (χ2n) is 13.1. The molecule has 1 unspecified atom stereocenters. The number of dihydropyridines is 1. The number of hydrogen-bond acceptors (Lipinski definition) is 3. The molecule has 1 aliphatic heterocycles. The Kier molecular flexibility index (Phi) is 6.69. The molecule has 0 fully saturated rings. The van der Waals surface area contributed by atoms with Crippen LogP contribution in [0.3, 0.4) is 0 Å². The number of hydrogen-bond donors (Lipinski definition) is 0. The van der Waals surface area contributed by atoms with Gasteiger partial charge in [-0.3, -0.25) is 4.99 Å². The van der Waals surface area contributed by atoms with Crippen LogP contribution in [0, 0.1) is 0 Å². The number of allylic oxidation sites excluding steroid dienone is 5. The van der Waals surface area contributed by atoms with Gasteiger partial charge in [0, 0.05) is 51.0 Å². The fourth-order valence-corrected chi connectivity index (χ4v) is 7.85. The van der Waals surface area contributed by atoms with Crippen LogP contribution < -0.4 is 0 Å². The summed E-state index contributed by atoms with van der Waals surface area (Å²) in [7, 11) is 0. The highest BCUT2D eigenvalue weighted by Gasteiger charge is 2.24. The third-order valence-corrected chi connectivity index (χ3v) is 10.2. The molecule has 0 spiro atoms. The van der Waals surface area contributed by atoms with Crippen molar-refractivity contribution in [3.8, 4) is 16.9 Å². The summed E-state index contributed by atoms with van der Waals surface area (Å²) in [5.41, 5.74) is 11.1. The summed E-state index contributed by atoms with van der Waals surface area (Å²) in [6.45, 7) is 0. The first-order valence-electron chi connectivity index (χ1n) is 17.4. The Morgan fingerprint density at radius 2 is 1.38 bits per heavy atom. The van der Waals surface area contributed by atoms with Crippen LogP contribution in [0.15, 0.2) is 157 Å². The molecule has 5 heteroatoms. The van der Waals surface area contributed by atoms with Crippen LogP contribution in [0.25, 0.3) is 71.7 Å². The quantitative estimate of drug-likeness (QED) is 0.187. The van der Waals surface area contributed by atoms with Crippen LogP contribution in [-0.2, 0) is 0 Å². The predicted octanol–water partition coefficient (Wildman–Crippen LogP) is 11.1. The maximum Gasteiger partial charge on any atom is 0.161 e. The van der Waals surface area contributed by atoms with Crippen LogP contribution >= 0.6 is 0 Å². The number of para-hydroxylation sites is 3. The Hall–Kier alpha value is -6.33. The van der Waals surface area contributed by atoms with Crippen molar-refractivity contribution in [2.24, 2.45) is 4.99 Å². The van der Waals surface area contributed by atoms with Crippen LogP contribution in [0.4, 0.5) is 0 Å². The molecular formula is C45H33N5. The van der Waals surface area contributed by atoms with Crippen LogP contribution in [-0.4, -0.2) is 25.3 Å². The fraction of sp³-hybridized carbons (Fsp3) is 0.0889. The first kappa shape index (κ1) is 28.7. The van der Waals surface area contributed by atoms with Gasteiger partial charge in [0.1, 0.15) is 6.17 Å². The fourth-order valence-electron chi connectivity index (χ4n) is 7.85. The van der Waals surface area contributed by atoms with E-state index in [9.17, 15) is 0 Å². The molecule has 0 radical (unpaired) electrons. The second kappa shape index (κ2) is 11.7. The van der Waals surface area contributed by atoms with E-state index in [4.69, 9.17) is 15.0 Å². The molecule has 5 nitrogen and oxygen atoms in total. The van der Waals surface area contributed by atoms with Crippen LogP contribution in [0.2, 0.25) is 0 Å². The number of aliphatic imine (C=N–C) groups is 1. The van der Waals surface area contributed by atoms with E-state index in [1.165, 1.54) is 49.2 Å². The van der Waals surface area contributed by atoms with Gasteiger partial charge in [0.15, 0.2) is 5.82 Å². The lowest BCUT2D eigenvalue weighted by Crippen LogP contribution is -2.11. The maximum absolute atomic E-state index is 5.24. The minimum absolute atomic E-state index is 0.101. The lowest BCUT2D eigenvalue weighted by atomic mass is 10.00. The van der Waals surface area contributed by atoms with E-state index >= 15 is 0 Å². The molecule has 1 aliphatic carbocycles. The summed E-state index contributed by atoms with van der Waals surface area (Å²) >= 11 is 0. The Labute approximate surface area is 289 Å². The summed E-state index contributed by atoms with van der Waals surface area (Å²) in [6, 6.07) is 45.3. The molecule has 0 saturated carbocycles. The van der Waals surface area contributed by atoms with Gasteiger partial charge in [-0.1, -0.05) is 115 Å². The van der Waals surface area contributed by atoms with Crippen LogP contribution in [0.5, 0.6) is 0 Å². The third kappa shape index (κ3) is 4.58. The lowest BCUT2D eigenvalue weighted by molar-refractivity contribution is 0.563. The molecular weight excluding hydrogens is 611 g/mol. The van der Waals surface area contributed by atoms with E-state index in [0.717, 1.165) is 53.3 Å². The van der Waals surface area contributed by atoms with Gasteiger partial charge in [-0.05, 0) is 54.8 Å². The van der Waals surface area contributed by atoms with Gasteiger partial charge in [0.25, 0.3) is 0 Å². The topological polar surface area (TPSA) is 48.0 Å². The first-order chi connectivity index (χ1) is 24.8. The van der Waals surface area contributed by atoms with E-state index in [-0.39, 0.29) is 6.17 Å². The maximum atomic E-state index is 5.24. The van der Waals surface area contributed by atoms with Gasteiger partial charge in [0.2, 0.25) is 0 Å². The number of rotatable bonds is 5. The molecule has 3 aromatic heterocycles. The molecule has 0 amide bonds. The van der Waals surface area contributed by atoms with Crippen LogP contribution in [0.1, 0.15) is 36.9 Å². The number of fused-ring (bicyclic) bond motifs is 7. The minimum Gasteiger partial charge on any atom is -0.317 e. The standard InChI is InChI=1S/C45H33N5/c1-4-14-30(15-5-1)37-28-38(31-16-6-2-7-17-31)48-45(47-37)32-24-27-42(46-29-32)50-40-23-13-11-21-36(40)43-41(50)26-25-35-34-20-10-12-22-39(34)49(44(35)43)33-18-8-3-9-19-33/h1-6,8-16,18-26,28-29,42H,7,17,27H2. The molecule has 10 rings (SSSR count). The molecule has 238 valence electrons. The zero-order chi connectivity index (χ0) is 33.0. The van der Waals surface area contributed by atoms with E-state index in [1.54, 1.807) is 0 Å². The highest BCUT2D eigenvalue weighted by Crippen LogP contribution is 2.43. The van der Waals surface area contributed by atoms with Gasteiger partial charge in [-0.2, -0.15) is 0 Å². The summed E-state index contributed by atoms with van der Waals surface area (Å²) in [4.78, 5) is 15.4. The Bertz CT molecular complexity index is 2720. The monoisotopic (exact) mass is 643 g/mol. The molecule has 0 N–H and O–H groups in total. The van der Waals surface area contributed by atoms with Crippen molar-refractivity contribution in [3.05, 3.63) is 163 Å². The molecule has 5 aromatic carbocycles. The van der Waals surface area contributed by atoms with Gasteiger partial charge in [-0.25, -0.2) is 9.97 Å². The molecule has 2 aliphatic rings. The van der Waals surface area contributed by atoms with Crippen molar-refractivity contribution in [2.45, 2.75) is 25.4 Å². The van der Waals surface area contributed by atoms with Crippen molar-refractivity contribution >= 4 is 61.0 Å². The highest BCUT2D eigenvalue weighted by molar-refractivity contribution is 6.25.